The Morgan fingerprint density at radius 3 is 1.73 bits per heavy atom. The van der Waals surface area contributed by atoms with E-state index >= 15 is 0 Å². The lowest BCUT2D eigenvalue weighted by molar-refractivity contribution is -0.129. The fourth-order valence-corrected chi connectivity index (χ4v) is 0.643. The van der Waals surface area contributed by atoms with Crippen molar-refractivity contribution in [3.63, 3.8) is 0 Å². The van der Waals surface area contributed by atoms with Gasteiger partial charge in [-0.05, 0) is 12.8 Å². The molecule has 0 unspecified atom stereocenters. The number of rotatable bonds is 6. The van der Waals surface area contributed by atoms with Crippen molar-refractivity contribution in [2.24, 2.45) is 10.2 Å². The Morgan fingerprint density at radius 2 is 1.40 bits per heavy atom. The van der Waals surface area contributed by atoms with E-state index in [2.05, 4.69) is 21.1 Å². The van der Waals surface area contributed by atoms with Crippen LogP contribution in [0.5, 0.6) is 0 Å². The van der Waals surface area contributed by atoms with E-state index in [9.17, 15) is 9.59 Å². The molecule has 0 fully saturated rings. The Morgan fingerprint density at radius 1 is 1.00 bits per heavy atom. The lowest BCUT2D eigenvalue weighted by atomic mass is 10.4. The molecule has 0 aliphatic carbocycles. The standard InChI is InChI=1S/C9H16N4O2/c1-3-5-10-12-8(14)7-9(15)13-11-6-4-2/h5-6H,3-4,7H2,1-2H3,(H,12,14)(H,13,15)/b10-5+,11-6+. The summed E-state index contributed by atoms with van der Waals surface area (Å²) in [5.41, 5.74) is 4.45. The summed E-state index contributed by atoms with van der Waals surface area (Å²) in [6.07, 6.45) is 4.28. The molecule has 2 N–H and O–H groups in total. The summed E-state index contributed by atoms with van der Waals surface area (Å²) in [5.74, 6) is -0.909. The summed E-state index contributed by atoms with van der Waals surface area (Å²) in [6, 6.07) is 0. The Labute approximate surface area is 88.8 Å². The van der Waals surface area contributed by atoms with Crippen molar-refractivity contribution in [2.45, 2.75) is 33.1 Å². The molecule has 0 saturated carbocycles. The van der Waals surface area contributed by atoms with E-state index in [1.54, 1.807) is 12.4 Å². The van der Waals surface area contributed by atoms with Crippen LogP contribution in [0.15, 0.2) is 10.2 Å². The number of hydrogen-bond donors (Lipinski definition) is 2. The summed E-state index contributed by atoms with van der Waals surface area (Å²) in [7, 11) is 0. The molecule has 0 aliphatic heterocycles. The average Bonchev–Trinajstić information content (AvgIpc) is 2.18. The highest BCUT2D eigenvalue weighted by Gasteiger charge is 2.06. The van der Waals surface area contributed by atoms with Gasteiger partial charge in [0, 0.05) is 12.4 Å². The molecule has 0 aromatic heterocycles. The van der Waals surface area contributed by atoms with Gasteiger partial charge >= 0.3 is 0 Å². The Bertz CT molecular complexity index is 235. The summed E-state index contributed by atoms with van der Waals surface area (Å²) in [4.78, 5) is 22.0. The molecular weight excluding hydrogens is 196 g/mol. The van der Waals surface area contributed by atoms with E-state index in [1.807, 2.05) is 13.8 Å². The Kier molecular flexibility index (Phi) is 7.84. The minimum Gasteiger partial charge on any atom is -0.273 e. The third kappa shape index (κ3) is 8.61. The lowest BCUT2D eigenvalue weighted by Crippen LogP contribution is -2.27. The van der Waals surface area contributed by atoms with Gasteiger partial charge in [0.05, 0.1) is 0 Å². The third-order valence-corrected chi connectivity index (χ3v) is 1.25. The van der Waals surface area contributed by atoms with Crippen LogP contribution >= 0.6 is 0 Å². The fraction of sp³-hybridized carbons (Fsp3) is 0.556. The average molecular weight is 212 g/mol. The van der Waals surface area contributed by atoms with Crippen molar-refractivity contribution in [1.29, 1.82) is 0 Å². The molecule has 6 heteroatoms. The monoisotopic (exact) mass is 212 g/mol. The summed E-state index contributed by atoms with van der Waals surface area (Å²) in [5, 5.41) is 7.19. The number of nitrogens with zero attached hydrogens (tertiary/aromatic N) is 2. The van der Waals surface area contributed by atoms with E-state index < -0.39 is 11.8 Å². The number of amides is 2. The maximum atomic E-state index is 11.0. The second kappa shape index (κ2) is 8.86. The van der Waals surface area contributed by atoms with E-state index in [4.69, 9.17) is 0 Å². The van der Waals surface area contributed by atoms with Gasteiger partial charge in [-0.25, -0.2) is 10.9 Å². The molecule has 0 heterocycles. The van der Waals surface area contributed by atoms with Crippen LogP contribution in [0.25, 0.3) is 0 Å². The lowest BCUT2D eigenvalue weighted by Gasteiger charge is -1.98. The number of hydrogen-bond acceptors (Lipinski definition) is 4. The predicted molar refractivity (Wildman–Crippen MR) is 58.5 cm³/mol. The van der Waals surface area contributed by atoms with Gasteiger partial charge in [0.2, 0.25) is 11.8 Å². The molecule has 2 amide bonds. The first kappa shape index (κ1) is 13.3. The van der Waals surface area contributed by atoms with E-state index in [1.165, 1.54) is 0 Å². The van der Waals surface area contributed by atoms with Gasteiger partial charge in [-0.15, -0.1) is 0 Å². The normalized spacial score (nSPS) is 10.8. The first-order valence-corrected chi connectivity index (χ1v) is 4.81. The van der Waals surface area contributed by atoms with Crippen molar-refractivity contribution < 1.29 is 9.59 Å². The van der Waals surface area contributed by atoms with Crippen LogP contribution in [0.2, 0.25) is 0 Å². The van der Waals surface area contributed by atoms with Crippen molar-refractivity contribution in [3.05, 3.63) is 0 Å². The quantitative estimate of drug-likeness (QED) is 0.379. The molecule has 0 aliphatic rings. The number of carbonyl (C=O) groups excluding carboxylic acids is 2. The third-order valence-electron chi connectivity index (χ3n) is 1.25. The molecule has 0 aromatic rings. The van der Waals surface area contributed by atoms with Crippen LogP contribution in [0.4, 0.5) is 0 Å². The van der Waals surface area contributed by atoms with Crippen LogP contribution in [0.3, 0.4) is 0 Å². The molecule has 15 heavy (non-hydrogen) atoms. The van der Waals surface area contributed by atoms with E-state index in [0.717, 1.165) is 12.8 Å². The summed E-state index contributed by atoms with van der Waals surface area (Å²) in [6.45, 7) is 3.78. The largest absolute Gasteiger partial charge is 0.273 e. The topological polar surface area (TPSA) is 82.9 Å². The second-order valence-electron chi connectivity index (χ2n) is 2.69. The van der Waals surface area contributed by atoms with Gasteiger partial charge in [-0.1, -0.05) is 13.8 Å². The molecule has 0 bridgehead atoms. The minimum absolute atomic E-state index is 0.276. The van der Waals surface area contributed by atoms with Crippen molar-refractivity contribution in [3.8, 4) is 0 Å². The molecule has 84 valence electrons. The molecule has 6 nitrogen and oxygen atoms in total. The van der Waals surface area contributed by atoms with E-state index in [-0.39, 0.29) is 6.42 Å². The van der Waals surface area contributed by atoms with Gasteiger partial charge in [-0.3, -0.25) is 9.59 Å². The Hall–Kier alpha value is -1.72. The highest BCUT2D eigenvalue weighted by atomic mass is 16.2. The zero-order valence-corrected chi connectivity index (χ0v) is 8.99. The van der Waals surface area contributed by atoms with Gasteiger partial charge < -0.3 is 0 Å². The highest BCUT2D eigenvalue weighted by molar-refractivity contribution is 5.96. The van der Waals surface area contributed by atoms with Crippen LogP contribution in [0, 0.1) is 0 Å². The van der Waals surface area contributed by atoms with Crippen LogP contribution in [0.1, 0.15) is 33.1 Å². The van der Waals surface area contributed by atoms with Crippen molar-refractivity contribution >= 4 is 24.2 Å². The first-order valence-electron chi connectivity index (χ1n) is 4.81. The minimum atomic E-state index is -0.455. The second-order valence-corrected chi connectivity index (χ2v) is 2.69. The van der Waals surface area contributed by atoms with Crippen LogP contribution in [-0.4, -0.2) is 24.2 Å². The number of hydrazone groups is 2. The smallest absolute Gasteiger partial charge is 0.249 e. The van der Waals surface area contributed by atoms with Crippen LogP contribution < -0.4 is 10.9 Å². The predicted octanol–water partition coefficient (Wildman–Crippen LogP) is 0.400. The zero-order valence-electron chi connectivity index (χ0n) is 8.99. The fourth-order valence-electron chi connectivity index (χ4n) is 0.643. The van der Waals surface area contributed by atoms with Crippen LogP contribution in [-0.2, 0) is 9.59 Å². The van der Waals surface area contributed by atoms with E-state index in [0.29, 0.717) is 0 Å². The van der Waals surface area contributed by atoms with Gasteiger partial charge in [0.15, 0.2) is 0 Å². The van der Waals surface area contributed by atoms with Crippen molar-refractivity contribution in [1.82, 2.24) is 10.9 Å². The SMILES string of the molecule is CC/C=N/NC(=O)CC(=O)N/N=C/CC. The highest BCUT2D eigenvalue weighted by Crippen LogP contribution is 1.80. The number of nitrogens with one attached hydrogen (secondary N) is 2. The molecule has 0 spiro atoms. The molecular formula is C9H16N4O2. The molecule has 0 saturated heterocycles. The maximum absolute atomic E-state index is 11.0. The zero-order chi connectivity index (χ0) is 11.5. The molecule has 0 radical (unpaired) electrons. The summed E-state index contributed by atoms with van der Waals surface area (Å²) < 4.78 is 0. The molecule has 0 atom stereocenters. The van der Waals surface area contributed by atoms with Gasteiger partial charge in [-0.2, -0.15) is 10.2 Å². The summed E-state index contributed by atoms with van der Waals surface area (Å²) >= 11 is 0. The van der Waals surface area contributed by atoms with Crippen molar-refractivity contribution in [2.75, 3.05) is 0 Å². The number of carbonyl (C=O) groups is 2. The maximum Gasteiger partial charge on any atom is 0.249 e. The van der Waals surface area contributed by atoms with Gasteiger partial charge in [0.25, 0.3) is 0 Å². The van der Waals surface area contributed by atoms with Gasteiger partial charge in [0.1, 0.15) is 6.42 Å². The molecule has 0 rings (SSSR count). The molecule has 0 aromatic carbocycles. The first-order chi connectivity index (χ1) is 7.20. The Balaban J connectivity index is 3.71.